The van der Waals surface area contributed by atoms with E-state index in [1.807, 2.05) is 19.9 Å². The van der Waals surface area contributed by atoms with Crippen LogP contribution in [0.1, 0.15) is 40.9 Å². The number of carbonyl (C=O) groups excluding carboxylic acids is 1. The highest BCUT2D eigenvalue weighted by Gasteiger charge is 2.13. The Morgan fingerprint density at radius 1 is 1.12 bits per heavy atom. The van der Waals surface area contributed by atoms with Crippen LogP contribution in [0.2, 0.25) is 0 Å². The average molecular weight is 340 g/mol. The van der Waals surface area contributed by atoms with Crippen molar-refractivity contribution >= 4 is 11.9 Å². The summed E-state index contributed by atoms with van der Waals surface area (Å²) in [5.41, 5.74) is 2.84. The second kappa shape index (κ2) is 7.79. The molecule has 0 aliphatic heterocycles. The van der Waals surface area contributed by atoms with Crippen molar-refractivity contribution in [1.29, 1.82) is 0 Å². The molecule has 2 aromatic rings. The minimum absolute atomic E-state index is 0.0949. The van der Waals surface area contributed by atoms with E-state index in [9.17, 15) is 19.4 Å². The van der Waals surface area contributed by atoms with E-state index in [2.05, 4.69) is 0 Å². The van der Waals surface area contributed by atoms with Gasteiger partial charge in [0, 0.05) is 6.07 Å². The SMILES string of the molecule is CC(C)=CCc1cc(C(=O)/C=C/c2ccc(C)c(O)c2)c(F)cc1O. The summed E-state index contributed by atoms with van der Waals surface area (Å²) in [4.78, 5) is 12.3. The quantitative estimate of drug-likeness (QED) is 0.460. The van der Waals surface area contributed by atoms with Gasteiger partial charge in [0.15, 0.2) is 5.78 Å². The first kappa shape index (κ1) is 18.5. The summed E-state index contributed by atoms with van der Waals surface area (Å²) < 4.78 is 14.1. The zero-order valence-electron chi connectivity index (χ0n) is 14.5. The molecule has 0 amide bonds. The highest BCUT2D eigenvalue weighted by atomic mass is 19.1. The number of hydrogen-bond acceptors (Lipinski definition) is 3. The minimum Gasteiger partial charge on any atom is -0.508 e. The monoisotopic (exact) mass is 340 g/mol. The molecule has 0 radical (unpaired) electrons. The Bertz CT molecular complexity index is 860. The molecule has 0 saturated carbocycles. The van der Waals surface area contributed by atoms with Gasteiger partial charge < -0.3 is 10.2 Å². The van der Waals surface area contributed by atoms with Crippen LogP contribution in [-0.2, 0) is 6.42 Å². The van der Waals surface area contributed by atoms with Crippen molar-refractivity contribution in [2.45, 2.75) is 27.2 Å². The second-order valence-corrected chi connectivity index (χ2v) is 6.19. The Balaban J connectivity index is 2.28. The normalized spacial score (nSPS) is 10.9. The first-order chi connectivity index (χ1) is 11.8. The van der Waals surface area contributed by atoms with E-state index in [0.29, 0.717) is 17.5 Å². The van der Waals surface area contributed by atoms with Crippen LogP contribution in [0.5, 0.6) is 11.5 Å². The number of hydrogen-bond donors (Lipinski definition) is 2. The van der Waals surface area contributed by atoms with Crippen molar-refractivity contribution < 1.29 is 19.4 Å². The van der Waals surface area contributed by atoms with Crippen molar-refractivity contribution in [2.75, 3.05) is 0 Å². The first-order valence-electron chi connectivity index (χ1n) is 7.94. The largest absolute Gasteiger partial charge is 0.508 e. The molecule has 0 saturated heterocycles. The maximum Gasteiger partial charge on any atom is 0.188 e. The molecule has 2 aromatic carbocycles. The maximum absolute atomic E-state index is 14.1. The van der Waals surface area contributed by atoms with Gasteiger partial charge in [-0.15, -0.1) is 0 Å². The van der Waals surface area contributed by atoms with Gasteiger partial charge in [-0.2, -0.15) is 0 Å². The fourth-order valence-electron chi connectivity index (χ4n) is 2.27. The lowest BCUT2D eigenvalue weighted by Crippen LogP contribution is -2.01. The number of ketones is 1. The lowest BCUT2D eigenvalue weighted by molar-refractivity contribution is 0.104. The van der Waals surface area contributed by atoms with Crippen LogP contribution in [0.4, 0.5) is 4.39 Å². The Morgan fingerprint density at radius 3 is 2.48 bits per heavy atom. The molecule has 4 heteroatoms. The number of aromatic hydroxyl groups is 2. The molecule has 0 fully saturated rings. The van der Waals surface area contributed by atoms with Gasteiger partial charge in [-0.1, -0.05) is 29.9 Å². The summed E-state index contributed by atoms with van der Waals surface area (Å²) in [5.74, 6) is -1.30. The van der Waals surface area contributed by atoms with Crippen LogP contribution in [0.3, 0.4) is 0 Å². The average Bonchev–Trinajstić information content (AvgIpc) is 2.54. The van der Waals surface area contributed by atoms with E-state index in [-0.39, 0.29) is 17.1 Å². The summed E-state index contributed by atoms with van der Waals surface area (Å²) in [6.07, 6.45) is 5.09. The third-order valence-corrected chi connectivity index (χ3v) is 3.82. The molecule has 3 nitrogen and oxygen atoms in total. The summed E-state index contributed by atoms with van der Waals surface area (Å²) in [7, 11) is 0. The van der Waals surface area contributed by atoms with Crippen molar-refractivity contribution in [3.8, 4) is 11.5 Å². The van der Waals surface area contributed by atoms with Crippen LogP contribution in [0.15, 0.2) is 48.1 Å². The van der Waals surface area contributed by atoms with Crippen LogP contribution in [0.25, 0.3) is 6.08 Å². The molecular formula is C21H21FO3. The standard InChI is InChI=1S/C21H21FO3/c1-13(2)4-8-16-11-17(18(22)12-21(16)25)19(23)9-7-15-6-5-14(3)20(24)10-15/h4-7,9-12,24-25H,8H2,1-3H3/b9-7+. The predicted molar refractivity (Wildman–Crippen MR) is 97.4 cm³/mol. The van der Waals surface area contributed by atoms with E-state index in [4.69, 9.17) is 0 Å². The summed E-state index contributed by atoms with van der Waals surface area (Å²) >= 11 is 0. The van der Waals surface area contributed by atoms with Crippen molar-refractivity contribution in [1.82, 2.24) is 0 Å². The van der Waals surface area contributed by atoms with Gasteiger partial charge in [0.2, 0.25) is 0 Å². The molecule has 2 rings (SSSR count). The van der Waals surface area contributed by atoms with E-state index < -0.39 is 11.6 Å². The van der Waals surface area contributed by atoms with Gasteiger partial charge in [-0.3, -0.25) is 4.79 Å². The second-order valence-electron chi connectivity index (χ2n) is 6.19. The maximum atomic E-state index is 14.1. The highest BCUT2D eigenvalue weighted by Crippen LogP contribution is 2.24. The molecule has 2 N–H and O–H groups in total. The molecule has 0 spiro atoms. The molecule has 0 atom stereocenters. The number of halogens is 1. The van der Waals surface area contributed by atoms with Gasteiger partial charge in [-0.05, 0) is 62.1 Å². The molecule has 25 heavy (non-hydrogen) atoms. The number of benzene rings is 2. The molecule has 0 aliphatic rings. The topological polar surface area (TPSA) is 57.5 Å². The molecule has 0 unspecified atom stereocenters. The molecule has 0 heterocycles. The van der Waals surface area contributed by atoms with Gasteiger partial charge in [0.25, 0.3) is 0 Å². The third-order valence-electron chi connectivity index (χ3n) is 3.82. The number of rotatable bonds is 5. The van der Waals surface area contributed by atoms with Crippen molar-refractivity contribution in [3.05, 3.63) is 76.1 Å². The molecular weight excluding hydrogens is 319 g/mol. The van der Waals surface area contributed by atoms with Crippen molar-refractivity contribution in [3.63, 3.8) is 0 Å². The number of aryl methyl sites for hydroxylation is 1. The number of allylic oxidation sites excluding steroid dienone is 3. The number of phenolic OH excluding ortho intramolecular Hbond substituents is 2. The fraction of sp³-hybridized carbons (Fsp3) is 0.190. The van der Waals surface area contributed by atoms with Gasteiger partial charge in [-0.25, -0.2) is 4.39 Å². The zero-order chi connectivity index (χ0) is 18.6. The van der Waals surface area contributed by atoms with Crippen LogP contribution >= 0.6 is 0 Å². The molecule has 0 aliphatic carbocycles. The zero-order valence-corrected chi connectivity index (χ0v) is 14.5. The molecule has 0 bridgehead atoms. The summed E-state index contributed by atoms with van der Waals surface area (Å²) in [6, 6.07) is 7.37. The summed E-state index contributed by atoms with van der Waals surface area (Å²) in [5, 5.41) is 19.5. The van der Waals surface area contributed by atoms with E-state index >= 15 is 0 Å². The predicted octanol–water partition coefficient (Wildman–Crippen LogP) is 4.95. The van der Waals surface area contributed by atoms with Crippen LogP contribution < -0.4 is 0 Å². The lowest BCUT2D eigenvalue weighted by Gasteiger charge is -2.06. The third kappa shape index (κ3) is 4.80. The van der Waals surface area contributed by atoms with Gasteiger partial charge in [0.05, 0.1) is 5.56 Å². The van der Waals surface area contributed by atoms with Gasteiger partial charge in [0.1, 0.15) is 17.3 Å². The number of carbonyl (C=O) groups is 1. The molecule has 130 valence electrons. The first-order valence-corrected chi connectivity index (χ1v) is 7.94. The van der Waals surface area contributed by atoms with Crippen LogP contribution in [-0.4, -0.2) is 16.0 Å². The Kier molecular flexibility index (Phi) is 5.75. The fourth-order valence-corrected chi connectivity index (χ4v) is 2.27. The van der Waals surface area contributed by atoms with E-state index in [0.717, 1.165) is 17.2 Å². The van der Waals surface area contributed by atoms with E-state index in [1.165, 1.54) is 24.3 Å². The minimum atomic E-state index is -0.764. The molecule has 0 aromatic heterocycles. The smallest absolute Gasteiger partial charge is 0.188 e. The Morgan fingerprint density at radius 2 is 1.84 bits per heavy atom. The Labute approximate surface area is 146 Å². The summed E-state index contributed by atoms with van der Waals surface area (Å²) in [6.45, 7) is 5.62. The lowest BCUT2D eigenvalue weighted by atomic mass is 10.0. The Hall–Kier alpha value is -2.88. The van der Waals surface area contributed by atoms with Crippen molar-refractivity contribution in [2.24, 2.45) is 0 Å². The highest BCUT2D eigenvalue weighted by molar-refractivity contribution is 6.07. The van der Waals surface area contributed by atoms with E-state index in [1.54, 1.807) is 19.1 Å². The number of phenols is 2. The van der Waals surface area contributed by atoms with Gasteiger partial charge >= 0.3 is 0 Å². The van der Waals surface area contributed by atoms with Crippen LogP contribution in [0, 0.1) is 12.7 Å².